The van der Waals surface area contributed by atoms with Crippen LogP contribution < -0.4 is 0 Å². The Labute approximate surface area is 305 Å². The number of rotatable bonds is 9. The van der Waals surface area contributed by atoms with Crippen LogP contribution in [0.15, 0.2) is 18.0 Å². The van der Waals surface area contributed by atoms with Crippen LogP contribution in [-0.4, -0.2) is 82.1 Å². The molecule has 1 aromatic rings. The Hall–Kier alpha value is -1.81. The Morgan fingerprint density at radius 2 is 1.82 bits per heavy atom. The van der Waals surface area contributed by atoms with Crippen molar-refractivity contribution in [3.8, 4) is 0 Å². The number of ether oxygens (including phenoxy) is 2. The number of fused-ring (bicyclic) bond motifs is 3. The number of nitrogens with zero attached hydrogens (tertiary/aromatic N) is 4. The van der Waals surface area contributed by atoms with E-state index in [4.69, 9.17) is 21.1 Å². The molecular weight excluding hydrogens is 652 g/mol. The average Bonchev–Trinajstić information content (AvgIpc) is 3.46. The highest BCUT2D eigenvalue weighted by molar-refractivity contribution is 6.28. The van der Waals surface area contributed by atoms with Crippen molar-refractivity contribution in [2.75, 3.05) is 33.9 Å². The van der Waals surface area contributed by atoms with Crippen molar-refractivity contribution in [3.05, 3.63) is 23.3 Å². The van der Waals surface area contributed by atoms with E-state index in [-0.39, 0.29) is 46.6 Å². The highest BCUT2D eigenvalue weighted by Crippen LogP contribution is 2.75. The minimum Gasteiger partial charge on any atom is -0.481 e. The van der Waals surface area contributed by atoms with E-state index in [1.807, 2.05) is 17.6 Å². The highest BCUT2D eigenvalue weighted by atomic mass is 35.5. The molecule has 0 aromatic carbocycles. The van der Waals surface area contributed by atoms with Gasteiger partial charge in [-0.3, -0.25) is 14.2 Å². The van der Waals surface area contributed by atoms with E-state index >= 15 is 4.79 Å². The zero-order valence-corrected chi connectivity index (χ0v) is 33.4. The molecule has 9 nitrogen and oxygen atoms in total. The van der Waals surface area contributed by atoms with Gasteiger partial charge in [-0.2, -0.15) is 0 Å². The van der Waals surface area contributed by atoms with E-state index in [0.717, 1.165) is 25.7 Å². The lowest BCUT2D eigenvalue weighted by molar-refractivity contribution is -0.252. The van der Waals surface area contributed by atoms with Crippen LogP contribution in [0.25, 0.3) is 0 Å². The molecule has 0 radical (unpaired) electrons. The fourth-order valence-corrected chi connectivity index (χ4v) is 12.7. The van der Waals surface area contributed by atoms with Crippen LogP contribution in [-0.2, 0) is 19.1 Å². The first-order valence-electron chi connectivity index (χ1n) is 19.1. The molecule has 10 heteroatoms. The first-order chi connectivity index (χ1) is 23.2. The number of hydrogen-bond donors (Lipinski definition) is 1. The van der Waals surface area contributed by atoms with Gasteiger partial charge in [-0.05, 0) is 111 Å². The third-order valence-electron chi connectivity index (χ3n) is 16.7. The minimum absolute atomic E-state index is 0.0289. The Bertz CT molecular complexity index is 1530. The SMILES string of the molecule is CC(C)[C@@H](C)[C@@]1(C)CC[C@]2(C)[C@H]3CC[C@@H]4C5(COC[C@]4(C)[C@@H](OC[C@](C)(C(C)C)N(C)C)[C@H](n4cnnc4Cl)C5)C3=CC(=O)[C@@]2(C)[C@@H]1C(=O)O. The van der Waals surface area contributed by atoms with Gasteiger partial charge in [0.15, 0.2) is 5.78 Å². The van der Waals surface area contributed by atoms with Gasteiger partial charge in [-0.15, -0.1) is 10.2 Å². The van der Waals surface area contributed by atoms with E-state index < -0.39 is 33.5 Å². The molecule has 4 fully saturated rings. The summed E-state index contributed by atoms with van der Waals surface area (Å²) in [5, 5.41) is 19.8. The fraction of sp³-hybridized carbons (Fsp3) is 0.850. The van der Waals surface area contributed by atoms with Gasteiger partial charge in [-0.25, -0.2) is 0 Å². The Morgan fingerprint density at radius 1 is 1.14 bits per heavy atom. The maximum Gasteiger partial charge on any atom is 0.308 e. The number of carboxylic acid groups (broad SMARTS) is 1. The molecule has 0 amide bonds. The molecule has 2 bridgehead atoms. The van der Waals surface area contributed by atoms with Crippen LogP contribution in [0.1, 0.15) is 107 Å². The van der Waals surface area contributed by atoms with Gasteiger partial charge in [0.05, 0.1) is 37.9 Å². The van der Waals surface area contributed by atoms with Crippen LogP contribution in [0.3, 0.4) is 0 Å². The molecule has 280 valence electrons. The number of allylic oxidation sites excluding steroid dienone is 1. The number of aliphatic carboxylic acids is 1. The van der Waals surface area contributed by atoms with Crippen LogP contribution in [0.5, 0.6) is 0 Å². The fourth-order valence-electron chi connectivity index (χ4n) is 12.5. The van der Waals surface area contributed by atoms with Gasteiger partial charge in [0.25, 0.3) is 0 Å². The van der Waals surface area contributed by atoms with Gasteiger partial charge in [-0.1, -0.05) is 67.9 Å². The molecule has 1 saturated heterocycles. The van der Waals surface area contributed by atoms with Crippen molar-refractivity contribution in [2.45, 2.75) is 119 Å². The molecular formula is C40H63ClN4O5. The van der Waals surface area contributed by atoms with Crippen molar-refractivity contribution < 1.29 is 24.2 Å². The zero-order valence-electron chi connectivity index (χ0n) is 32.7. The molecule has 2 heterocycles. The monoisotopic (exact) mass is 714 g/mol. The average molecular weight is 715 g/mol. The molecule has 5 aliphatic rings. The van der Waals surface area contributed by atoms with Gasteiger partial charge in [0, 0.05) is 21.8 Å². The van der Waals surface area contributed by atoms with Crippen molar-refractivity contribution in [3.63, 3.8) is 0 Å². The summed E-state index contributed by atoms with van der Waals surface area (Å²) < 4.78 is 15.8. The summed E-state index contributed by atoms with van der Waals surface area (Å²) in [4.78, 5) is 30.8. The van der Waals surface area contributed by atoms with E-state index in [0.29, 0.717) is 43.4 Å². The number of carbonyl (C=O) groups is 2. The van der Waals surface area contributed by atoms with E-state index in [2.05, 4.69) is 91.5 Å². The molecule has 0 spiro atoms. The predicted molar refractivity (Wildman–Crippen MR) is 195 cm³/mol. The Balaban J connectivity index is 1.48. The number of aromatic nitrogens is 3. The summed E-state index contributed by atoms with van der Waals surface area (Å²) in [7, 11) is 4.23. The van der Waals surface area contributed by atoms with E-state index in [9.17, 15) is 9.90 Å². The molecule has 1 N–H and O–H groups in total. The standard InChI is InChI=1S/C40H63ClN4O5/c1-23(2)25(5)35(6)15-16-37(8)26-13-14-29-36(7)19-49-21-40(29,27(26)17-30(46)39(37,10)31(35)33(47)48)18-28(45-22-42-43-34(45)41)32(36)50-20-38(9,24(3)4)44(11)12/h17,22-26,28-29,31-32H,13-16,18-21H2,1-12H3,(H,47,48)/t25-,26+,28-,29+,31-,32+,35-,36+,37-,38-,39+,40?/m1/s1. The number of carbonyl (C=O) groups excluding carboxylic acids is 1. The minimum atomic E-state index is -1.03. The van der Waals surface area contributed by atoms with Crippen LogP contribution >= 0.6 is 11.6 Å². The highest BCUT2D eigenvalue weighted by Gasteiger charge is 2.74. The van der Waals surface area contributed by atoms with Crippen LogP contribution in [0.2, 0.25) is 5.28 Å². The summed E-state index contributed by atoms with van der Waals surface area (Å²) in [5.41, 5.74) is -1.88. The van der Waals surface area contributed by atoms with Gasteiger partial charge >= 0.3 is 5.97 Å². The largest absolute Gasteiger partial charge is 0.481 e. The lowest BCUT2D eigenvalue weighted by atomic mass is 9.34. The zero-order chi connectivity index (χ0) is 37.0. The van der Waals surface area contributed by atoms with E-state index in [1.165, 1.54) is 5.57 Å². The third-order valence-corrected chi connectivity index (χ3v) is 16.9. The maximum absolute atomic E-state index is 15.0. The Morgan fingerprint density at radius 3 is 2.38 bits per heavy atom. The number of hydrogen-bond acceptors (Lipinski definition) is 7. The van der Waals surface area contributed by atoms with Crippen LogP contribution in [0, 0.1) is 62.6 Å². The second-order valence-electron chi connectivity index (χ2n) is 19.1. The van der Waals surface area contributed by atoms with Crippen molar-refractivity contribution in [2.24, 2.45) is 62.6 Å². The Kier molecular flexibility index (Phi) is 9.39. The lowest BCUT2D eigenvalue weighted by Crippen LogP contribution is -2.70. The molecule has 1 aliphatic heterocycles. The molecule has 1 aromatic heterocycles. The first kappa shape index (κ1) is 37.9. The molecule has 6 rings (SSSR count). The lowest BCUT2D eigenvalue weighted by Gasteiger charge is -2.70. The van der Waals surface area contributed by atoms with Crippen molar-refractivity contribution in [1.29, 1.82) is 0 Å². The molecule has 50 heavy (non-hydrogen) atoms. The summed E-state index contributed by atoms with van der Waals surface area (Å²) in [6.07, 6.45) is 7.59. The van der Waals surface area contributed by atoms with E-state index in [1.54, 1.807) is 6.33 Å². The first-order valence-corrected chi connectivity index (χ1v) is 19.5. The van der Waals surface area contributed by atoms with Crippen molar-refractivity contribution in [1.82, 2.24) is 19.7 Å². The third kappa shape index (κ3) is 4.94. The number of ketones is 1. The number of carboxylic acids is 1. The molecule has 12 atom stereocenters. The van der Waals surface area contributed by atoms with Crippen molar-refractivity contribution >= 4 is 23.4 Å². The second-order valence-corrected chi connectivity index (χ2v) is 19.5. The summed E-state index contributed by atoms with van der Waals surface area (Å²) in [5.74, 6) is -0.547. The maximum atomic E-state index is 15.0. The summed E-state index contributed by atoms with van der Waals surface area (Å²) in [6, 6.07) is -0.176. The molecule has 3 saturated carbocycles. The van der Waals surface area contributed by atoms with Gasteiger partial charge in [0.2, 0.25) is 5.28 Å². The topological polar surface area (TPSA) is 107 Å². The number of halogens is 1. The predicted octanol–water partition coefficient (Wildman–Crippen LogP) is 7.60. The smallest absolute Gasteiger partial charge is 0.308 e. The normalized spacial score (nSPS) is 43.2. The number of likely N-dealkylation sites (N-methyl/N-ethyl adjacent to an activating group) is 1. The van der Waals surface area contributed by atoms with Crippen LogP contribution in [0.4, 0.5) is 0 Å². The second kappa shape index (κ2) is 12.4. The van der Waals surface area contributed by atoms with Gasteiger partial charge < -0.3 is 19.5 Å². The summed E-state index contributed by atoms with van der Waals surface area (Å²) >= 11 is 6.79. The molecule has 4 aliphatic carbocycles. The quantitative estimate of drug-likeness (QED) is 0.279. The van der Waals surface area contributed by atoms with Gasteiger partial charge in [0.1, 0.15) is 6.33 Å². The molecule has 1 unspecified atom stereocenters. The summed E-state index contributed by atoms with van der Waals surface area (Å²) in [6.45, 7) is 23.6.